The van der Waals surface area contributed by atoms with Crippen LogP contribution in [-0.4, -0.2) is 19.3 Å². The standard InChI is InChI=1S/C17H27NO/c1-4-18-17(10-8-15-6-5-11-19-15)16-9-7-13(2)12-14(16)3/h7,9,12,15,17-18H,4-6,8,10-11H2,1-3H3. The third-order valence-electron chi connectivity index (χ3n) is 4.05. The van der Waals surface area contributed by atoms with E-state index in [2.05, 4.69) is 44.3 Å². The summed E-state index contributed by atoms with van der Waals surface area (Å²) < 4.78 is 5.74. The molecular formula is C17H27NO. The number of rotatable bonds is 6. The van der Waals surface area contributed by atoms with Gasteiger partial charge in [0, 0.05) is 12.6 Å². The molecule has 2 unspecified atom stereocenters. The van der Waals surface area contributed by atoms with Gasteiger partial charge in [0.25, 0.3) is 0 Å². The molecule has 0 radical (unpaired) electrons. The van der Waals surface area contributed by atoms with Crippen LogP contribution in [0.5, 0.6) is 0 Å². The molecular weight excluding hydrogens is 234 g/mol. The second kappa shape index (κ2) is 7.06. The Balaban J connectivity index is 2.01. The van der Waals surface area contributed by atoms with Gasteiger partial charge in [0.15, 0.2) is 0 Å². The second-order valence-corrected chi connectivity index (χ2v) is 5.68. The van der Waals surface area contributed by atoms with E-state index < -0.39 is 0 Å². The van der Waals surface area contributed by atoms with Crippen molar-refractivity contribution in [2.75, 3.05) is 13.2 Å². The molecule has 1 aliphatic rings. The highest BCUT2D eigenvalue weighted by molar-refractivity contribution is 5.32. The maximum atomic E-state index is 5.74. The second-order valence-electron chi connectivity index (χ2n) is 5.68. The van der Waals surface area contributed by atoms with Crippen LogP contribution < -0.4 is 5.32 Å². The topological polar surface area (TPSA) is 21.3 Å². The molecule has 2 nitrogen and oxygen atoms in total. The van der Waals surface area contributed by atoms with Gasteiger partial charge in [-0.15, -0.1) is 0 Å². The number of aryl methyl sites for hydroxylation is 2. The summed E-state index contributed by atoms with van der Waals surface area (Å²) in [6, 6.07) is 7.26. The lowest BCUT2D eigenvalue weighted by Crippen LogP contribution is -2.23. The van der Waals surface area contributed by atoms with Gasteiger partial charge in [-0.05, 0) is 57.2 Å². The van der Waals surface area contributed by atoms with Gasteiger partial charge < -0.3 is 10.1 Å². The normalized spacial score (nSPS) is 20.7. The third kappa shape index (κ3) is 4.05. The van der Waals surface area contributed by atoms with E-state index in [-0.39, 0.29) is 0 Å². The van der Waals surface area contributed by atoms with Crippen LogP contribution in [0.3, 0.4) is 0 Å². The minimum absolute atomic E-state index is 0.467. The van der Waals surface area contributed by atoms with Crippen LogP contribution in [-0.2, 0) is 4.74 Å². The molecule has 0 aromatic heterocycles. The summed E-state index contributed by atoms with van der Waals surface area (Å²) in [6.45, 7) is 8.54. The molecule has 2 heteroatoms. The predicted octanol–water partition coefficient (Wildman–Crippen LogP) is 3.91. The van der Waals surface area contributed by atoms with Crippen LogP contribution in [0, 0.1) is 13.8 Å². The van der Waals surface area contributed by atoms with E-state index >= 15 is 0 Å². The lowest BCUT2D eigenvalue weighted by atomic mass is 9.94. The summed E-state index contributed by atoms with van der Waals surface area (Å²) >= 11 is 0. The summed E-state index contributed by atoms with van der Waals surface area (Å²) in [5.41, 5.74) is 4.19. The van der Waals surface area contributed by atoms with E-state index in [1.807, 2.05) is 0 Å². The summed E-state index contributed by atoms with van der Waals surface area (Å²) in [5, 5.41) is 3.63. The predicted molar refractivity (Wildman–Crippen MR) is 80.5 cm³/mol. The van der Waals surface area contributed by atoms with E-state index in [1.165, 1.54) is 42.4 Å². The highest BCUT2D eigenvalue weighted by atomic mass is 16.5. The summed E-state index contributed by atoms with van der Waals surface area (Å²) in [7, 11) is 0. The summed E-state index contributed by atoms with van der Waals surface area (Å²) in [6.07, 6.45) is 5.31. The van der Waals surface area contributed by atoms with E-state index in [0.29, 0.717) is 12.1 Å². The Bertz CT molecular complexity index is 396. The Kier molecular flexibility index (Phi) is 5.41. The number of hydrogen-bond acceptors (Lipinski definition) is 2. The van der Waals surface area contributed by atoms with E-state index in [1.54, 1.807) is 0 Å². The number of benzene rings is 1. The van der Waals surface area contributed by atoms with Gasteiger partial charge in [-0.1, -0.05) is 30.7 Å². The Hall–Kier alpha value is -0.860. The van der Waals surface area contributed by atoms with Crippen LogP contribution in [0.4, 0.5) is 0 Å². The maximum Gasteiger partial charge on any atom is 0.0576 e. The highest BCUT2D eigenvalue weighted by Gasteiger charge is 2.19. The van der Waals surface area contributed by atoms with Crippen LogP contribution in [0.1, 0.15) is 55.3 Å². The average Bonchev–Trinajstić information content (AvgIpc) is 2.88. The van der Waals surface area contributed by atoms with Gasteiger partial charge in [0.1, 0.15) is 0 Å². The van der Waals surface area contributed by atoms with Gasteiger partial charge in [-0.3, -0.25) is 0 Å². The molecule has 0 aliphatic carbocycles. The lowest BCUT2D eigenvalue weighted by Gasteiger charge is -2.22. The minimum atomic E-state index is 0.467. The highest BCUT2D eigenvalue weighted by Crippen LogP contribution is 2.26. The van der Waals surface area contributed by atoms with Crippen LogP contribution in [0.15, 0.2) is 18.2 Å². The van der Waals surface area contributed by atoms with E-state index in [9.17, 15) is 0 Å². The molecule has 1 aliphatic heterocycles. The van der Waals surface area contributed by atoms with Crippen molar-refractivity contribution < 1.29 is 4.74 Å². The summed E-state index contributed by atoms with van der Waals surface area (Å²) in [4.78, 5) is 0. The zero-order valence-electron chi connectivity index (χ0n) is 12.5. The van der Waals surface area contributed by atoms with Gasteiger partial charge in [0.2, 0.25) is 0 Å². The molecule has 0 amide bonds. The fraction of sp³-hybridized carbons (Fsp3) is 0.647. The molecule has 19 heavy (non-hydrogen) atoms. The van der Waals surface area contributed by atoms with Crippen molar-refractivity contribution in [1.82, 2.24) is 5.32 Å². The van der Waals surface area contributed by atoms with Crippen molar-refractivity contribution in [3.8, 4) is 0 Å². The molecule has 106 valence electrons. The van der Waals surface area contributed by atoms with Crippen LogP contribution in [0.2, 0.25) is 0 Å². The molecule has 1 N–H and O–H groups in total. The summed E-state index contributed by atoms with van der Waals surface area (Å²) in [5.74, 6) is 0. The number of ether oxygens (including phenoxy) is 1. The molecule has 1 saturated heterocycles. The largest absolute Gasteiger partial charge is 0.378 e. The first-order valence-electron chi connectivity index (χ1n) is 7.63. The zero-order chi connectivity index (χ0) is 13.7. The Labute approximate surface area is 117 Å². The van der Waals surface area contributed by atoms with Crippen molar-refractivity contribution >= 4 is 0 Å². The molecule has 1 heterocycles. The minimum Gasteiger partial charge on any atom is -0.378 e. The molecule has 0 saturated carbocycles. The molecule has 2 atom stereocenters. The SMILES string of the molecule is CCNC(CCC1CCCO1)c1ccc(C)cc1C. The fourth-order valence-electron chi connectivity index (χ4n) is 3.06. The quantitative estimate of drug-likeness (QED) is 0.838. The number of hydrogen-bond donors (Lipinski definition) is 1. The third-order valence-corrected chi connectivity index (χ3v) is 4.05. The van der Waals surface area contributed by atoms with E-state index in [4.69, 9.17) is 4.74 Å². The van der Waals surface area contributed by atoms with Gasteiger partial charge >= 0.3 is 0 Å². The zero-order valence-corrected chi connectivity index (χ0v) is 12.5. The first-order chi connectivity index (χ1) is 9.20. The Morgan fingerprint density at radius 1 is 1.37 bits per heavy atom. The van der Waals surface area contributed by atoms with Gasteiger partial charge in [-0.25, -0.2) is 0 Å². The Morgan fingerprint density at radius 2 is 2.21 bits per heavy atom. The van der Waals surface area contributed by atoms with Crippen LogP contribution in [0.25, 0.3) is 0 Å². The van der Waals surface area contributed by atoms with Crippen molar-refractivity contribution in [3.63, 3.8) is 0 Å². The van der Waals surface area contributed by atoms with Crippen molar-refractivity contribution in [2.24, 2.45) is 0 Å². The molecule has 0 bridgehead atoms. The van der Waals surface area contributed by atoms with E-state index in [0.717, 1.165) is 13.2 Å². The fourth-order valence-corrected chi connectivity index (χ4v) is 3.06. The molecule has 1 aromatic rings. The smallest absolute Gasteiger partial charge is 0.0576 e. The van der Waals surface area contributed by atoms with Gasteiger partial charge in [-0.2, -0.15) is 0 Å². The number of nitrogens with one attached hydrogen (secondary N) is 1. The molecule has 0 spiro atoms. The molecule has 2 rings (SSSR count). The Morgan fingerprint density at radius 3 is 2.84 bits per heavy atom. The van der Waals surface area contributed by atoms with Crippen molar-refractivity contribution in [3.05, 3.63) is 34.9 Å². The first-order valence-corrected chi connectivity index (χ1v) is 7.63. The molecule has 1 aromatic carbocycles. The molecule has 1 fully saturated rings. The van der Waals surface area contributed by atoms with Crippen molar-refractivity contribution in [2.45, 2.75) is 58.6 Å². The average molecular weight is 261 g/mol. The first kappa shape index (κ1) is 14.5. The van der Waals surface area contributed by atoms with Crippen molar-refractivity contribution in [1.29, 1.82) is 0 Å². The lowest BCUT2D eigenvalue weighted by molar-refractivity contribution is 0.0996. The van der Waals surface area contributed by atoms with Crippen LogP contribution >= 0.6 is 0 Å². The maximum absolute atomic E-state index is 5.74. The monoisotopic (exact) mass is 261 g/mol. The van der Waals surface area contributed by atoms with Gasteiger partial charge in [0.05, 0.1) is 6.10 Å².